The van der Waals surface area contributed by atoms with Crippen LogP contribution in [0.4, 0.5) is 17.6 Å². The number of hydrogen-bond acceptors (Lipinski definition) is 2. The molecule has 10 heteroatoms. The van der Waals surface area contributed by atoms with Gasteiger partial charge < -0.3 is 8.85 Å². The van der Waals surface area contributed by atoms with E-state index in [0.717, 1.165) is 0 Å². The Kier molecular flexibility index (Phi) is 6.28. The topological polar surface area (TPSA) is 18.5 Å². The molecule has 32 heavy (non-hydrogen) atoms. The highest BCUT2D eigenvalue weighted by molar-refractivity contribution is 6.70. The van der Waals surface area contributed by atoms with Gasteiger partial charge in [0.2, 0.25) is 0 Å². The minimum atomic E-state index is -4.56. The molecule has 0 heterocycles. The number of halogens is 6. The van der Waals surface area contributed by atoms with Crippen LogP contribution in [-0.2, 0) is 20.1 Å². The second kappa shape index (κ2) is 7.81. The molecule has 3 rings (SSSR count). The van der Waals surface area contributed by atoms with Crippen LogP contribution < -0.4 is 0 Å². The molecule has 1 fully saturated rings. The van der Waals surface area contributed by atoms with Crippen molar-refractivity contribution in [3.8, 4) is 0 Å². The van der Waals surface area contributed by atoms with Gasteiger partial charge in [-0.2, -0.15) is 17.6 Å². The molecule has 0 amide bonds. The highest BCUT2D eigenvalue weighted by atomic mass is 35.5. The van der Waals surface area contributed by atoms with E-state index in [1.807, 2.05) is 0 Å². The van der Waals surface area contributed by atoms with Crippen molar-refractivity contribution in [3.05, 3.63) is 69.7 Å². The molecule has 2 atom stereocenters. The second-order valence-electron chi connectivity index (χ2n) is 9.95. The van der Waals surface area contributed by atoms with Crippen molar-refractivity contribution in [1.82, 2.24) is 0 Å². The molecule has 2 aromatic rings. The van der Waals surface area contributed by atoms with Crippen molar-refractivity contribution in [2.45, 2.75) is 62.3 Å². The zero-order valence-corrected chi connectivity index (χ0v) is 22.2. The molecule has 2 nitrogen and oxygen atoms in total. The third-order valence-corrected chi connectivity index (χ3v) is 7.54. The van der Waals surface area contributed by atoms with Gasteiger partial charge in [0.15, 0.2) is 27.8 Å². The monoisotopic (exact) mass is 524 g/mol. The quantitative estimate of drug-likeness (QED) is 0.281. The second-order valence-corrected chi connectivity index (χ2v) is 19.7. The Hall–Kier alpha value is -0.906. The Balaban J connectivity index is 2.48. The van der Waals surface area contributed by atoms with Crippen molar-refractivity contribution in [3.63, 3.8) is 0 Å². The van der Waals surface area contributed by atoms with Crippen LogP contribution in [0.25, 0.3) is 0 Å². The molecule has 0 spiro atoms. The molecule has 176 valence electrons. The van der Waals surface area contributed by atoms with Crippen molar-refractivity contribution in [1.29, 1.82) is 0 Å². The van der Waals surface area contributed by atoms with Crippen molar-refractivity contribution in [2.24, 2.45) is 0 Å². The molecule has 0 aromatic heterocycles. The molecular weight excluding hydrogens is 499 g/mol. The lowest BCUT2D eigenvalue weighted by molar-refractivity contribution is -0.478. The molecule has 1 saturated carbocycles. The zero-order valence-electron chi connectivity index (χ0n) is 18.7. The SMILES string of the molecule is C[Si](C)(C)O[C@@]1(c2ccc(Cl)cc2)C(F)(F)C(F)(F)[C@@]1(O[Si](C)(C)C)c1ccc(Cl)cc1. The summed E-state index contributed by atoms with van der Waals surface area (Å²) in [5, 5.41) is 0.573. The average molecular weight is 526 g/mol. The van der Waals surface area contributed by atoms with Gasteiger partial charge in [0, 0.05) is 10.0 Å². The van der Waals surface area contributed by atoms with E-state index in [-0.39, 0.29) is 21.2 Å². The van der Waals surface area contributed by atoms with Crippen LogP contribution in [-0.4, -0.2) is 28.5 Å². The van der Waals surface area contributed by atoms with E-state index >= 15 is 17.6 Å². The molecule has 2 aromatic carbocycles. The molecule has 0 aliphatic heterocycles. The van der Waals surface area contributed by atoms with Gasteiger partial charge in [0.05, 0.1) is 0 Å². The lowest BCUT2D eigenvalue weighted by atomic mass is 9.53. The molecule has 0 unspecified atom stereocenters. The predicted molar refractivity (Wildman–Crippen MR) is 125 cm³/mol. The van der Waals surface area contributed by atoms with E-state index in [0.29, 0.717) is 0 Å². The van der Waals surface area contributed by atoms with Crippen LogP contribution in [0.1, 0.15) is 11.1 Å². The number of alkyl halides is 4. The normalized spacial score (nSPS) is 27.1. The fourth-order valence-corrected chi connectivity index (χ4v) is 7.14. The summed E-state index contributed by atoms with van der Waals surface area (Å²) >= 11 is 12.0. The molecule has 1 aliphatic carbocycles. The first-order valence-corrected chi connectivity index (χ1v) is 17.7. The fourth-order valence-electron chi connectivity index (χ4n) is 4.27. The van der Waals surface area contributed by atoms with Crippen molar-refractivity contribution >= 4 is 39.8 Å². The Labute approximate surface area is 198 Å². The van der Waals surface area contributed by atoms with Crippen LogP contribution in [0.3, 0.4) is 0 Å². The summed E-state index contributed by atoms with van der Waals surface area (Å²) in [6.07, 6.45) is 0. The van der Waals surface area contributed by atoms with Crippen LogP contribution in [0, 0.1) is 0 Å². The third-order valence-electron chi connectivity index (χ3n) is 5.19. The Morgan fingerprint density at radius 2 is 0.812 bits per heavy atom. The molecule has 0 N–H and O–H groups in total. The fraction of sp³-hybridized carbons (Fsp3) is 0.455. The van der Waals surface area contributed by atoms with E-state index < -0.39 is 39.7 Å². The summed E-state index contributed by atoms with van der Waals surface area (Å²) in [7, 11) is -5.71. The molecule has 1 aliphatic rings. The van der Waals surface area contributed by atoms with E-state index in [1.165, 1.54) is 48.5 Å². The lowest BCUT2D eigenvalue weighted by Gasteiger charge is -2.68. The number of hydrogen-bond donors (Lipinski definition) is 0. The minimum Gasteiger partial charge on any atom is -0.400 e. The molecule has 0 saturated heterocycles. The predicted octanol–water partition coefficient (Wildman–Crippen LogP) is 8.07. The van der Waals surface area contributed by atoms with E-state index in [9.17, 15) is 0 Å². The van der Waals surface area contributed by atoms with Gasteiger partial charge in [-0.1, -0.05) is 47.5 Å². The first-order valence-electron chi connectivity index (χ1n) is 10.1. The van der Waals surface area contributed by atoms with Gasteiger partial charge in [-0.3, -0.25) is 0 Å². The van der Waals surface area contributed by atoms with Crippen LogP contribution in [0.15, 0.2) is 48.5 Å². The van der Waals surface area contributed by atoms with Crippen LogP contribution >= 0.6 is 23.2 Å². The molecular formula is C22H26Cl2F4O2Si2. The van der Waals surface area contributed by atoms with E-state index in [2.05, 4.69) is 0 Å². The lowest BCUT2D eigenvalue weighted by Crippen LogP contribution is -2.88. The average Bonchev–Trinajstić information content (AvgIpc) is 2.63. The molecule has 0 bridgehead atoms. The summed E-state index contributed by atoms with van der Waals surface area (Å²) in [4.78, 5) is 0. The Bertz CT molecular complexity index is 907. The largest absolute Gasteiger partial charge is 0.400 e. The molecule has 0 radical (unpaired) electrons. The summed E-state index contributed by atoms with van der Waals surface area (Å²) in [6, 6.07) is 10.8. The van der Waals surface area contributed by atoms with Gasteiger partial charge in [-0.05, 0) is 74.7 Å². The highest BCUT2D eigenvalue weighted by Crippen LogP contribution is 2.76. The van der Waals surface area contributed by atoms with Gasteiger partial charge in [0.25, 0.3) is 0 Å². The number of rotatable bonds is 6. The first-order chi connectivity index (χ1) is 14.4. The van der Waals surface area contributed by atoms with E-state index in [1.54, 1.807) is 39.3 Å². The maximum Gasteiger partial charge on any atom is 0.348 e. The standard InChI is InChI=1S/C22H26Cl2F4O2Si2/c1-31(2,3)29-19(15-7-11-17(23)12-8-15)20(30-32(4,5)6,22(27,28)21(19,25)26)16-9-13-18(24)14-10-16/h7-14H,1-6H3/t19-,20-/m1/s1. The van der Waals surface area contributed by atoms with Gasteiger partial charge in [-0.15, -0.1) is 0 Å². The Morgan fingerprint density at radius 3 is 1.03 bits per heavy atom. The van der Waals surface area contributed by atoms with Crippen molar-refractivity contribution < 1.29 is 26.4 Å². The van der Waals surface area contributed by atoms with Gasteiger partial charge >= 0.3 is 11.8 Å². The minimum absolute atomic E-state index is 0.117. The van der Waals surface area contributed by atoms with E-state index in [4.69, 9.17) is 32.1 Å². The smallest absolute Gasteiger partial charge is 0.348 e. The number of benzene rings is 2. The van der Waals surface area contributed by atoms with Gasteiger partial charge in [0.1, 0.15) is 0 Å². The highest BCUT2D eigenvalue weighted by Gasteiger charge is 2.97. The first kappa shape index (κ1) is 25.7. The maximum absolute atomic E-state index is 15.8. The third kappa shape index (κ3) is 3.67. The summed E-state index contributed by atoms with van der Waals surface area (Å²) in [5.41, 5.74) is -5.78. The van der Waals surface area contributed by atoms with Crippen LogP contribution in [0.5, 0.6) is 0 Å². The Morgan fingerprint density at radius 1 is 0.562 bits per heavy atom. The summed E-state index contributed by atoms with van der Waals surface area (Å²) < 4.78 is 75.5. The summed E-state index contributed by atoms with van der Waals surface area (Å²) in [6.45, 7) is 10.1. The maximum atomic E-state index is 15.8. The van der Waals surface area contributed by atoms with Gasteiger partial charge in [-0.25, -0.2) is 0 Å². The zero-order chi connectivity index (χ0) is 24.4. The summed E-state index contributed by atoms with van der Waals surface area (Å²) in [5.74, 6) is -9.12. The van der Waals surface area contributed by atoms with Crippen molar-refractivity contribution in [2.75, 3.05) is 0 Å². The van der Waals surface area contributed by atoms with Crippen LogP contribution in [0.2, 0.25) is 49.3 Å².